The van der Waals surface area contributed by atoms with Crippen LogP contribution in [0.1, 0.15) is 26.7 Å². The van der Waals surface area contributed by atoms with Crippen LogP contribution in [0.3, 0.4) is 0 Å². The summed E-state index contributed by atoms with van der Waals surface area (Å²) in [6.07, 6.45) is -3.12. The first-order valence-electron chi connectivity index (χ1n) is 6.61. The van der Waals surface area contributed by atoms with Crippen LogP contribution < -0.4 is 5.73 Å². The van der Waals surface area contributed by atoms with E-state index in [2.05, 4.69) is 0 Å². The van der Waals surface area contributed by atoms with Gasteiger partial charge in [-0.1, -0.05) is 0 Å². The molecule has 20 heavy (non-hydrogen) atoms. The molecule has 120 valence electrons. The molecule has 1 fully saturated rings. The van der Waals surface area contributed by atoms with Gasteiger partial charge < -0.3 is 5.73 Å². The first-order chi connectivity index (χ1) is 9.08. The van der Waals surface area contributed by atoms with E-state index in [0.717, 1.165) is 10.7 Å². The first kappa shape index (κ1) is 17.7. The summed E-state index contributed by atoms with van der Waals surface area (Å²) in [7, 11) is -4.11. The zero-order valence-corrected chi connectivity index (χ0v) is 12.5. The van der Waals surface area contributed by atoms with Gasteiger partial charge in [0.25, 0.3) is 10.2 Å². The van der Waals surface area contributed by atoms with Gasteiger partial charge in [0.2, 0.25) is 0 Å². The second-order valence-corrected chi connectivity index (χ2v) is 7.24. The maximum absolute atomic E-state index is 12.6. The third-order valence-corrected chi connectivity index (χ3v) is 5.48. The molecule has 0 spiro atoms. The van der Waals surface area contributed by atoms with E-state index in [1.807, 2.05) is 0 Å². The number of halogens is 3. The standard InChI is InChI=1S/C11H22F3N3O2S/c1-9(2)17(8-11(12,13)14)20(18,19)16-5-3-4-10(6-15)7-16/h9-10H,3-8,15H2,1-2H3. The highest BCUT2D eigenvalue weighted by atomic mass is 32.2. The number of rotatable bonds is 5. The predicted octanol–water partition coefficient (Wildman–Crippen LogP) is 1.17. The third-order valence-electron chi connectivity index (χ3n) is 3.35. The van der Waals surface area contributed by atoms with E-state index in [-0.39, 0.29) is 19.0 Å². The van der Waals surface area contributed by atoms with Crippen molar-refractivity contribution in [1.29, 1.82) is 0 Å². The Morgan fingerprint density at radius 3 is 2.45 bits per heavy atom. The highest BCUT2D eigenvalue weighted by molar-refractivity contribution is 7.86. The van der Waals surface area contributed by atoms with Crippen LogP contribution in [0, 0.1) is 5.92 Å². The quantitative estimate of drug-likeness (QED) is 0.828. The molecule has 0 amide bonds. The molecule has 1 aliphatic rings. The molecule has 0 aromatic carbocycles. The maximum atomic E-state index is 12.6. The summed E-state index contributed by atoms with van der Waals surface area (Å²) < 4.78 is 64.1. The lowest BCUT2D eigenvalue weighted by molar-refractivity contribution is -0.139. The van der Waals surface area contributed by atoms with Gasteiger partial charge in [0, 0.05) is 19.1 Å². The van der Waals surface area contributed by atoms with Crippen molar-refractivity contribution in [3.05, 3.63) is 0 Å². The fourth-order valence-electron chi connectivity index (χ4n) is 2.28. The number of nitrogens with zero attached hydrogens (tertiary/aromatic N) is 2. The van der Waals surface area contributed by atoms with Gasteiger partial charge in [-0.3, -0.25) is 0 Å². The minimum Gasteiger partial charge on any atom is -0.330 e. The van der Waals surface area contributed by atoms with Crippen molar-refractivity contribution >= 4 is 10.2 Å². The topological polar surface area (TPSA) is 66.6 Å². The molecule has 0 aliphatic carbocycles. The lowest BCUT2D eigenvalue weighted by Gasteiger charge is -2.36. The van der Waals surface area contributed by atoms with Crippen molar-refractivity contribution < 1.29 is 21.6 Å². The van der Waals surface area contributed by atoms with Gasteiger partial charge >= 0.3 is 6.18 Å². The van der Waals surface area contributed by atoms with Crippen LogP contribution in [0.5, 0.6) is 0 Å². The molecule has 0 aromatic heterocycles. The van der Waals surface area contributed by atoms with Crippen LogP contribution in [-0.4, -0.2) is 55.4 Å². The zero-order chi connectivity index (χ0) is 15.6. The van der Waals surface area contributed by atoms with E-state index in [1.165, 1.54) is 13.8 Å². The largest absolute Gasteiger partial charge is 0.402 e. The summed E-state index contributed by atoms with van der Waals surface area (Å²) in [6.45, 7) is 2.20. The first-order valence-corrected chi connectivity index (χ1v) is 8.01. The Kier molecular flexibility index (Phi) is 5.82. The summed E-state index contributed by atoms with van der Waals surface area (Å²) >= 11 is 0. The summed E-state index contributed by atoms with van der Waals surface area (Å²) in [5.74, 6) is 0.0124. The van der Waals surface area contributed by atoms with Crippen LogP contribution in [0.4, 0.5) is 13.2 Å². The molecule has 1 unspecified atom stereocenters. The Balaban J connectivity index is 2.92. The summed E-state index contributed by atoms with van der Waals surface area (Å²) in [5.41, 5.74) is 5.53. The Hall–Kier alpha value is -0.380. The monoisotopic (exact) mass is 317 g/mol. The van der Waals surface area contributed by atoms with E-state index < -0.39 is 29.0 Å². The molecule has 0 radical (unpaired) electrons. The molecular formula is C11H22F3N3O2S. The van der Waals surface area contributed by atoms with Gasteiger partial charge in [-0.15, -0.1) is 0 Å². The molecule has 0 bridgehead atoms. The lowest BCUT2D eigenvalue weighted by atomic mass is 10.0. The molecular weight excluding hydrogens is 295 g/mol. The maximum Gasteiger partial charge on any atom is 0.402 e. The molecule has 5 nitrogen and oxygen atoms in total. The minimum atomic E-state index is -4.56. The third kappa shape index (κ3) is 4.57. The lowest BCUT2D eigenvalue weighted by Crippen LogP contribution is -2.53. The highest BCUT2D eigenvalue weighted by Crippen LogP contribution is 2.25. The van der Waals surface area contributed by atoms with Gasteiger partial charge in [0.1, 0.15) is 6.54 Å². The van der Waals surface area contributed by atoms with Gasteiger partial charge in [-0.2, -0.15) is 30.2 Å². The minimum absolute atomic E-state index is 0.0124. The molecule has 1 heterocycles. The van der Waals surface area contributed by atoms with Crippen molar-refractivity contribution in [2.45, 2.75) is 38.9 Å². The molecule has 2 N–H and O–H groups in total. The van der Waals surface area contributed by atoms with Crippen molar-refractivity contribution in [3.63, 3.8) is 0 Å². The average Bonchev–Trinajstić information content (AvgIpc) is 2.34. The summed E-state index contributed by atoms with van der Waals surface area (Å²) in [6, 6.07) is -0.750. The smallest absolute Gasteiger partial charge is 0.330 e. The molecule has 1 saturated heterocycles. The number of hydrogen-bond donors (Lipinski definition) is 1. The van der Waals surface area contributed by atoms with Crippen LogP contribution in [0.25, 0.3) is 0 Å². The molecule has 1 aliphatic heterocycles. The number of alkyl halides is 3. The molecule has 0 aromatic rings. The van der Waals surface area contributed by atoms with Crippen LogP contribution in [-0.2, 0) is 10.2 Å². The van der Waals surface area contributed by atoms with Crippen molar-refractivity contribution in [3.8, 4) is 0 Å². The zero-order valence-electron chi connectivity index (χ0n) is 11.7. The van der Waals surface area contributed by atoms with Crippen molar-refractivity contribution in [1.82, 2.24) is 8.61 Å². The van der Waals surface area contributed by atoms with E-state index in [9.17, 15) is 21.6 Å². The Bertz CT molecular complexity index is 412. The van der Waals surface area contributed by atoms with E-state index in [4.69, 9.17) is 5.73 Å². The van der Waals surface area contributed by atoms with Crippen LogP contribution >= 0.6 is 0 Å². The normalized spacial score (nSPS) is 22.7. The molecule has 1 atom stereocenters. The Morgan fingerprint density at radius 1 is 1.40 bits per heavy atom. The SMILES string of the molecule is CC(C)N(CC(F)(F)F)S(=O)(=O)N1CCCC(CN)C1. The van der Waals surface area contributed by atoms with Gasteiger partial charge in [0.05, 0.1) is 0 Å². The Labute approximate surface area is 118 Å². The number of piperidine rings is 1. The Morgan fingerprint density at radius 2 is 2.00 bits per heavy atom. The fourth-order valence-corrected chi connectivity index (χ4v) is 4.18. The van der Waals surface area contributed by atoms with Crippen LogP contribution in [0.2, 0.25) is 0 Å². The second-order valence-electron chi connectivity index (χ2n) is 5.36. The van der Waals surface area contributed by atoms with E-state index in [0.29, 0.717) is 17.3 Å². The predicted molar refractivity (Wildman–Crippen MR) is 70.2 cm³/mol. The second kappa shape index (κ2) is 6.59. The highest BCUT2D eigenvalue weighted by Gasteiger charge is 2.41. The average molecular weight is 317 g/mol. The molecule has 1 rings (SSSR count). The van der Waals surface area contributed by atoms with E-state index in [1.54, 1.807) is 0 Å². The number of hydrogen-bond acceptors (Lipinski definition) is 3. The van der Waals surface area contributed by atoms with Crippen LogP contribution in [0.15, 0.2) is 0 Å². The fraction of sp³-hybridized carbons (Fsp3) is 1.00. The van der Waals surface area contributed by atoms with Gasteiger partial charge in [0.15, 0.2) is 0 Å². The van der Waals surface area contributed by atoms with E-state index >= 15 is 0 Å². The molecule has 9 heteroatoms. The van der Waals surface area contributed by atoms with Crippen molar-refractivity contribution in [2.75, 3.05) is 26.2 Å². The summed E-state index contributed by atoms with van der Waals surface area (Å²) in [4.78, 5) is 0. The van der Waals surface area contributed by atoms with Gasteiger partial charge in [-0.25, -0.2) is 0 Å². The summed E-state index contributed by atoms with van der Waals surface area (Å²) in [5, 5.41) is 0. The van der Waals surface area contributed by atoms with Gasteiger partial charge in [-0.05, 0) is 39.2 Å². The van der Waals surface area contributed by atoms with Crippen molar-refractivity contribution in [2.24, 2.45) is 11.7 Å². The number of nitrogens with two attached hydrogens (primary N) is 1. The molecule has 0 saturated carbocycles.